The molecule has 0 aliphatic heterocycles. The molecule has 0 heteroatoms. The Kier molecular flexibility index (Phi) is 6.04. The minimum Gasteiger partial charge on any atom is -0.0654 e. The largest absolute Gasteiger partial charge is 0.0654 e. The summed E-state index contributed by atoms with van der Waals surface area (Å²) in [4.78, 5) is 0. The lowest BCUT2D eigenvalue weighted by molar-refractivity contribution is 0.474. The van der Waals surface area contributed by atoms with E-state index in [9.17, 15) is 0 Å². The van der Waals surface area contributed by atoms with Crippen LogP contribution in [0.2, 0.25) is 0 Å². The molecule has 0 saturated carbocycles. The van der Waals surface area contributed by atoms with Gasteiger partial charge in [0, 0.05) is 5.41 Å². The Morgan fingerprint density at radius 3 is 1.62 bits per heavy atom. The van der Waals surface area contributed by atoms with Crippen LogP contribution in [0.25, 0.3) is 0 Å². The van der Waals surface area contributed by atoms with Crippen molar-refractivity contribution < 1.29 is 0 Å². The highest BCUT2D eigenvalue weighted by Crippen LogP contribution is 2.36. The van der Waals surface area contributed by atoms with Gasteiger partial charge in [-0.05, 0) is 17.5 Å². The van der Waals surface area contributed by atoms with Crippen LogP contribution in [0.3, 0.4) is 0 Å². The van der Waals surface area contributed by atoms with E-state index in [2.05, 4.69) is 74.5 Å². The van der Waals surface area contributed by atoms with Crippen molar-refractivity contribution in [1.29, 1.82) is 0 Å². The second kappa shape index (κ2) is 8.02. The van der Waals surface area contributed by atoms with Gasteiger partial charge in [-0.25, -0.2) is 0 Å². The summed E-state index contributed by atoms with van der Waals surface area (Å²) in [6.45, 7) is 4.68. The van der Waals surface area contributed by atoms with Crippen LogP contribution in [0.1, 0.15) is 63.5 Å². The Morgan fingerprint density at radius 1 is 0.667 bits per heavy atom. The maximum Gasteiger partial charge on any atom is 0.0174 e. The first-order chi connectivity index (χ1) is 10.3. The number of benzene rings is 2. The van der Waals surface area contributed by atoms with Crippen molar-refractivity contribution in [3.63, 3.8) is 0 Å². The van der Waals surface area contributed by atoms with Gasteiger partial charge in [0.1, 0.15) is 0 Å². The number of unbranched alkanes of at least 4 members (excludes halogenated alkanes) is 4. The zero-order valence-electron chi connectivity index (χ0n) is 13.5. The van der Waals surface area contributed by atoms with Crippen molar-refractivity contribution in [3.8, 4) is 0 Å². The zero-order valence-corrected chi connectivity index (χ0v) is 13.5. The van der Waals surface area contributed by atoms with E-state index in [1.807, 2.05) is 0 Å². The van der Waals surface area contributed by atoms with Gasteiger partial charge in [-0.3, -0.25) is 0 Å². The third-order valence-corrected chi connectivity index (χ3v) is 4.60. The Hall–Kier alpha value is -1.56. The fourth-order valence-corrected chi connectivity index (χ4v) is 3.15. The van der Waals surface area contributed by atoms with Crippen LogP contribution in [0.4, 0.5) is 0 Å². The van der Waals surface area contributed by atoms with E-state index in [0.29, 0.717) is 0 Å². The van der Waals surface area contributed by atoms with Crippen LogP contribution in [-0.4, -0.2) is 0 Å². The van der Waals surface area contributed by atoms with Gasteiger partial charge in [0.05, 0.1) is 0 Å². The molecule has 2 rings (SSSR count). The Morgan fingerprint density at radius 2 is 1.14 bits per heavy atom. The molecule has 0 amide bonds. The van der Waals surface area contributed by atoms with Crippen molar-refractivity contribution in [1.82, 2.24) is 0 Å². The summed E-state index contributed by atoms with van der Waals surface area (Å²) < 4.78 is 0. The molecule has 0 fully saturated rings. The van der Waals surface area contributed by atoms with E-state index in [-0.39, 0.29) is 5.41 Å². The summed E-state index contributed by atoms with van der Waals surface area (Å²) in [5, 5.41) is 0. The molecule has 0 radical (unpaired) electrons. The lowest BCUT2D eigenvalue weighted by atomic mass is 9.72. The number of hydrogen-bond acceptors (Lipinski definition) is 0. The molecule has 21 heavy (non-hydrogen) atoms. The maximum absolute atomic E-state index is 2.40. The van der Waals surface area contributed by atoms with E-state index < -0.39 is 0 Å². The average molecular weight is 280 g/mol. The van der Waals surface area contributed by atoms with Crippen LogP contribution in [0.15, 0.2) is 60.7 Å². The van der Waals surface area contributed by atoms with E-state index in [1.165, 1.54) is 49.7 Å². The average Bonchev–Trinajstić information content (AvgIpc) is 2.56. The molecule has 2 aromatic rings. The van der Waals surface area contributed by atoms with Crippen LogP contribution in [0, 0.1) is 0 Å². The quantitative estimate of drug-likeness (QED) is 0.494. The highest BCUT2D eigenvalue weighted by Gasteiger charge is 2.27. The lowest BCUT2D eigenvalue weighted by Crippen LogP contribution is -2.23. The molecule has 0 nitrogen and oxygen atoms in total. The van der Waals surface area contributed by atoms with Gasteiger partial charge in [0.25, 0.3) is 0 Å². The van der Waals surface area contributed by atoms with E-state index in [1.54, 1.807) is 0 Å². The normalized spacial score (nSPS) is 11.5. The standard InChI is InChI=1S/C21H28/c1-3-4-5-6-13-18-21(2,19-14-9-7-10-15-19)20-16-11-8-12-17-20/h7-12,14-17H,3-6,13,18H2,1-2H3. The molecule has 0 aliphatic rings. The molecule has 2 aromatic carbocycles. The molecule has 0 atom stereocenters. The third kappa shape index (κ3) is 4.20. The predicted molar refractivity (Wildman–Crippen MR) is 92.7 cm³/mol. The summed E-state index contributed by atoms with van der Waals surface area (Å²) >= 11 is 0. The molecule has 0 N–H and O–H groups in total. The highest BCUT2D eigenvalue weighted by atomic mass is 14.3. The fourth-order valence-electron chi connectivity index (χ4n) is 3.15. The van der Waals surface area contributed by atoms with Crippen molar-refractivity contribution >= 4 is 0 Å². The highest BCUT2D eigenvalue weighted by molar-refractivity contribution is 5.38. The zero-order chi connectivity index (χ0) is 15.0. The van der Waals surface area contributed by atoms with Gasteiger partial charge in [0.2, 0.25) is 0 Å². The summed E-state index contributed by atoms with van der Waals surface area (Å²) in [7, 11) is 0. The second-order valence-electron chi connectivity index (χ2n) is 6.23. The first kappa shape index (κ1) is 15.8. The third-order valence-electron chi connectivity index (χ3n) is 4.60. The molecule has 0 aromatic heterocycles. The summed E-state index contributed by atoms with van der Waals surface area (Å²) in [5.74, 6) is 0. The van der Waals surface area contributed by atoms with Gasteiger partial charge >= 0.3 is 0 Å². The van der Waals surface area contributed by atoms with Crippen LogP contribution >= 0.6 is 0 Å². The first-order valence-corrected chi connectivity index (χ1v) is 8.38. The molecule has 112 valence electrons. The number of hydrogen-bond donors (Lipinski definition) is 0. The van der Waals surface area contributed by atoms with Gasteiger partial charge in [-0.1, -0.05) is 107 Å². The monoisotopic (exact) mass is 280 g/mol. The summed E-state index contributed by atoms with van der Waals surface area (Å²) in [5.41, 5.74) is 3.01. The molecule has 0 saturated heterocycles. The molecule has 0 aliphatic carbocycles. The van der Waals surface area contributed by atoms with Gasteiger partial charge in [-0.15, -0.1) is 0 Å². The van der Waals surface area contributed by atoms with Gasteiger partial charge in [-0.2, -0.15) is 0 Å². The molecule has 0 spiro atoms. The van der Waals surface area contributed by atoms with Crippen LogP contribution in [-0.2, 0) is 5.41 Å². The second-order valence-corrected chi connectivity index (χ2v) is 6.23. The minimum absolute atomic E-state index is 0.134. The predicted octanol–water partition coefficient (Wildman–Crippen LogP) is 6.35. The first-order valence-electron chi connectivity index (χ1n) is 8.38. The van der Waals surface area contributed by atoms with Crippen LogP contribution in [0.5, 0.6) is 0 Å². The molecular formula is C21H28. The molecule has 0 unspecified atom stereocenters. The van der Waals surface area contributed by atoms with Gasteiger partial charge in [0.15, 0.2) is 0 Å². The molecular weight excluding hydrogens is 252 g/mol. The van der Waals surface area contributed by atoms with Crippen molar-refractivity contribution in [2.75, 3.05) is 0 Å². The van der Waals surface area contributed by atoms with E-state index >= 15 is 0 Å². The van der Waals surface area contributed by atoms with E-state index in [0.717, 1.165) is 0 Å². The molecule has 0 heterocycles. The Balaban J connectivity index is 2.15. The molecule has 0 bridgehead atoms. The summed E-state index contributed by atoms with van der Waals surface area (Å²) in [6.07, 6.45) is 7.94. The Bertz CT molecular complexity index is 459. The lowest BCUT2D eigenvalue weighted by Gasteiger charge is -2.31. The van der Waals surface area contributed by atoms with Crippen molar-refractivity contribution in [2.24, 2.45) is 0 Å². The number of rotatable bonds is 8. The topological polar surface area (TPSA) is 0 Å². The smallest absolute Gasteiger partial charge is 0.0174 e. The fraction of sp³-hybridized carbons (Fsp3) is 0.429. The Labute approximate surface area is 130 Å². The van der Waals surface area contributed by atoms with Gasteiger partial charge < -0.3 is 0 Å². The van der Waals surface area contributed by atoms with Crippen molar-refractivity contribution in [2.45, 2.75) is 57.8 Å². The van der Waals surface area contributed by atoms with E-state index in [4.69, 9.17) is 0 Å². The minimum atomic E-state index is 0.134. The maximum atomic E-state index is 2.40. The SMILES string of the molecule is CCCCCCCC(C)(c1ccccc1)c1ccccc1. The van der Waals surface area contributed by atoms with Crippen LogP contribution < -0.4 is 0 Å². The van der Waals surface area contributed by atoms with Crippen molar-refractivity contribution in [3.05, 3.63) is 71.8 Å². The summed E-state index contributed by atoms with van der Waals surface area (Å²) in [6, 6.07) is 22.0.